The molecule has 0 radical (unpaired) electrons. The molecular weight excluding hydrogens is 382 g/mol. The smallest absolute Gasteiger partial charge is 0.236 e. The van der Waals surface area contributed by atoms with E-state index in [1.54, 1.807) is 0 Å². The third kappa shape index (κ3) is 4.70. The van der Waals surface area contributed by atoms with Gasteiger partial charge in [-0.3, -0.25) is 14.6 Å². The van der Waals surface area contributed by atoms with E-state index in [1.165, 1.54) is 53.5 Å². The van der Waals surface area contributed by atoms with Gasteiger partial charge in [0.15, 0.2) is 0 Å². The van der Waals surface area contributed by atoms with Crippen molar-refractivity contribution in [2.24, 2.45) is 0 Å². The van der Waals surface area contributed by atoms with E-state index in [4.69, 9.17) is 0 Å². The van der Waals surface area contributed by atoms with Gasteiger partial charge in [0.25, 0.3) is 0 Å². The van der Waals surface area contributed by atoms with Gasteiger partial charge in [-0.1, -0.05) is 60.9 Å². The molecule has 0 unspecified atom stereocenters. The molecule has 31 heavy (non-hydrogen) atoms. The first-order chi connectivity index (χ1) is 15.2. The largest absolute Gasteiger partial charge is 0.339 e. The summed E-state index contributed by atoms with van der Waals surface area (Å²) < 4.78 is 0. The highest BCUT2D eigenvalue weighted by Gasteiger charge is 2.29. The molecule has 2 fully saturated rings. The predicted molar refractivity (Wildman–Crippen MR) is 126 cm³/mol. The lowest BCUT2D eigenvalue weighted by Crippen LogP contribution is -2.53. The number of hydrogen-bond donors (Lipinski definition) is 0. The Morgan fingerprint density at radius 1 is 0.903 bits per heavy atom. The second-order valence-corrected chi connectivity index (χ2v) is 9.67. The zero-order valence-corrected chi connectivity index (χ0v) is 18.9. The van der Waals surface area contributed by atoms with Gasteiger partial charge in [-0.05, 0) is 48.4 Å². The van der Waals surface area contributed by atoms with Crippen LogP contribution in [0.2, 0.25) is 0 Å². The second kappa shape index (κ2) is 9.13. The molecule has 2 aliphatic heterocycles. The summed E-state index contributed by atoms with van der Waals surface area (Å²) in [5.74, 6) is 0.311. The van der Waals surface area contributed by atoms with E-state index in [-0.39, 0.29) is 0 Å². The van der Waals surface area contributed by atoms with Crippen molar-refractivity contribution in [1.29, 1.82) is 0 Å². The van der Waals surface area contributed by atoms with Gasteiger partial charge in [-0.15, -0.1) is 0 Å². The number of carbonyl (C=O) groups is 1. The summed E-state index contributed by atoms with van der Waals surface area (Å²) in [6.07, 6.45) is 6.50. The van der Waals surface area contributed by atoms with E-state index in [2.05, 4.69) is 64.1 Å². The van der Waals surface area contributed by atoms with E-state index in [0.717, 1.165) is 51.7 Å². The molecule has 0 spiro atoms. The molecule has 1 saturated carbocycles. The summed E-state index contributed by atoms with van der Waals surface area (Å²) in [5.41, 5.74) is 6.70. The Balaban J connectivity index is 1.16. The van der Waals surface area contributed by atoms with Gasteiger partial charge in [-0.25, -0.2) is 0 Å². The summed E-state index contributed by atoms with van der Waals surface area (Å²) in [6.45, 7) is 8.48. The van der Waals surface area contributed by atoms with Crippen LogP contribution in [0.5, 0.6) is 0 Å². The van der Waals surface area contributed by atoms with Gasteiger partial charge in [0.2, 0.25) is 5.91 Å². The molecule has 2 aromatic rings. The Morgan fingerprint density at radius 3 is 2.45 bits per heavy atom. The molecule has 4 nitrogen and oxygen atoms in total. The number of nitrogens with zero attached hydrogens (tertiary/aromatic N) is 3. The molecule has 2 aromatic carbocycles. The minimum absolute atomic E-state index is 0.311. The van der Waals surface area contributed by atoms with Crippen LogP contribution in [0.1, 0.15) is 42.4 Å². The molecule has 5 rings (SSSR count). The van der Waals surface area contributed by atoms with Crippen LogP contribution in [0.25, 0.3) is 11.1 Å². The van der Waals surface area contributed by atoms with E-state index in [0.29, 0.717) is 12.5 Å². The lowest BCUT2D eigenvalue weighted by Gasteiger charge is -2.39. The summed E-state index contributed by atoms with van der Waals surface area (Å²) in [5, 5.41) is 0. The quantitative estimate of drug-likeness (QED) is 0.749. The fraction of sp³-hybridized carbons (Fsp3) is 0.519. The Bertz CT molecular complexity index is 926. The molecule has 0 N–H and O–H groups in total. The molecular formula is C27H35N3O. The monoisotopic (exact) mass is 417 g/mol. The molecule has 1 saturated heterocycles. The lowest BCUT2D eigenvalue weighted by atomic mass is 9.94. The van der Waals surface area contributed by atoms with Gasteiger partial charge in [-0.2, -0.15) is 0 Å². The summed E-state index contributed by atoms with van der Waals surface area (Å²) in [4.78, 5) is 20.0. The van der Waals surface area contributed by atoms with Crippen molar-refractivity contribution in [2.45, 2.75) is 51.6 Å². The Morgan fingerprint density at radius 2 is 1.68 bits per heavy atom. The molecule has 1 aliphatic carbocycles. The highest BCUT2D eigenvalue weighted by atomic mass is 16.2. The van der Waals surface area contributed by atoms with Crippen LogP contribution in [-0.2, 0) is 17.8 Å². The number of amides is 1. The minimum atomic E-state index is 0.311. The van der Waals surface area contributed by atoms with Gasteiger partial charge in [0, 0.05) is 45.3 Å². The molecule has 0 atom stereocenters. The predicted octanol–water partition coefficient (Wildman–Crippen LogP) is 4.11. The van der Waals surface area contributed by atoms with E-state index in [1.807, 2.05) is 0 Å². The van der Waals surface area contributed by atoms with Crippen LogP contribution in [0.3, 0.4) is 0 Å². The van der Waals surface area contributed by atoms with Gasteiger partial charge in [0.05, 0.1) is 6.54 Å². The molecule has 0 aromatic heterocycles. The van der Waals surface area contributed by atoms with Crippen molar-refractivity contribution in [3.05, 3.63) is 59.2 Å². The topological polar surface area (TPSA) is 26.8 Å². The SMILES string of the molecule is Cc1cccc(-c2ccc3c(c2)CCN(CC(=O)N2CCN(C4CCCC4)CC2)C3)c1. The average Bonchev–Trinajstić information content (AvgIpc) is 3.34. The van der Waals surface area contributed by atoms with Crippen molar-refractivity contribution >= 4 is 5.91 Å². The normalized spacial score (nSPS) is 20.7. The van der Waals surface area contributed by atoms with Gasteiger partial charge in [0.1, 0.15) is 0 Å². The fourth-order valence-electron chi connectivity index (χ4n) is 5.65. The molecule has 2 heterocycles. The number of piperazine rings is 1. The van der Waals surface area contributed by atoms with Crippen LogP contribution >= 0.6 is 0 Å². The summed E-state index contributed by atoms with van der Waals surface area (Å²) in [6, 6.07) is 16.4. The van der Waals surface area contributed by atoms with E-state index in [9.17, 15) is 4.79 Å². The van der Waals surface area contributed by atoms with Crippen LogP contribution in [-0.4, -0.2) is 65.9 Å². The highest BCUT2D eigenvalue weighted by Crippen LogP contribution is 2.27. The molecule has 3 aliphatic rings. The third-order valence-corrected chi connectivity index (χ3v) is 7.52. The second-order valence-electron chi connectivity index (χ2n) is 9.67. The first kappa shape index (κ1) is 20.7. The minimum Gasteiger partial charge on any atom is -0.339 e. The first-order valence-corrected chi connectivity index (χ1v) is 12.1. The summed E-state index contributed by atoms with van der Waals surface area (Å²) >= 11 is 0. The standard InChI is InChI=1S/C27H35N3O/c1-21-5-4-6-22(17-21)23-9-10-25-19-28(12-11-24(25)18-23)20-27(31)30-15-13-29(14-16-30)26-7-2-3-8-26/h4-6,9-10,17-18,26H,2-3,7-8,11-16,19-20H2,1H3. The van der Waals surface area contributed by atoms with Gasteiger partial charge < -0.3 is 4.90 Å². The maximum absolute atomic E-state index is 12.9. The zero-order chi connectivity index (χ0) is 21.2. The van der Waals surface area contributed by atoms with Gasteiger partial charge >= 0.3 is 0 Å². The number of aryl methyl sites for hydroxylation is 1. The number of rotatable bonds is 4. The first-order valence-electron chi connectivity index (χ1n) is 12.1. The Labute approximate surface area is 186 Å². The molecule has 1 amide bonds. The maximum Gasteiger partial charge on any atom is 0.236 e. The van der Waals surface area contributed by atoms with E-state index >= 15 is 0 Å². The number of hydrogen-bond acceptors (Lipinski definition) is 3. The zero-order valence-electron chi connectivity index (χ0n) is 18.9. The number of carbonyl (C=O) groups excluding carboxylic acids is 1. The van der Waals surface area contributed by atoms with E-state index < -0.39 is 0 Å². The highest BCUT2D eigenvalue weighted by molar-refractivity contribution is 5.78. The molecule has 164 valence electrons. The lowest BCUT2D eigenvalue weighted by molar-refractivity contribution is -0.134. The van der Waals surface area contributed by atoms with Crippen LogP contribution in [0, 0.1) is 6.92 Å². The summed E-state index contributed by atoms with van der Waals surface area (Å²) in [7, 11) is 0. The Kier molecular flexibility index (Phi) is 6.10. The molecule has 4 heteroatoms. The van der Waals surface area contributed by atoms with Crippen molar-refractivity contribution in [2.75, 3.05) is 39.3 Å². The average molecular weight is 418 g/mol. The van der Waals surface area contributed by atoms with Crippen molar-refractivity contribution < 1.29 is 4.79 Å². The number of benzene rings is 2. The van der Waals surface area contributed by atoms with Crippen LogP contribution < -0.4 is 0 Å². The third-order valence-electron chi connectivity index (χ3n) is 7.52. The van der Waals surface area contributed by atoms with Crippen molar-refractivity contribution in [3.63, 3.8) is 0 Å². The van der Waals surface area contributed by atoms with Crippen molar-refractivity contribution in [1.82, 2.24) is 14.7 Å². The maximum atomic E-state index is 12.9. The molecule has 0 bridgehead atoms. The van der Waals surface area contributed by atoms with Crippen LogP contribution in [0.4, 0.5) is 0 Å². The van der Waals surface area contributed by atoms with Crippen LogP contribution in [0.15, 0.2) is 42.5 Å². The number of fused-ring (bicyclic) bond motifs is 1. The fourth-order valence-corrected chi connectivity index (χ4v) is 5.65. The Hall–Kier alpha value is -2.17. The van der Waals surface area contributed by atoms with Crippen molar-refractivity contribution in [3.8, 4) is 11.1 Å².